The van der Waals surface area contributed by atoms with E-state index >= 15 is 0 Å². The van der Waals surface area contributed by atoms with Crippen molar-refractivity contribution in [1.29, 1.82) is 0 Å². The molecular formula is C19H22FN3O3S. The van der Waals surface area contributed by atoms with E-state index in [0.29, 0.717) is 17.0 Å². The number of carboxylic acid groups (broad SMARTS) is 1. The van der Waals surface area contributed by atoms with Gasteiger partial charge in [-0.15, -0.1) is 11.3 Å². The average molecular weight is 391 g/mol. The third-order valence-corrected chi connectivity index (χ3v) is 6.03. The molecular weight excluding hydrogens is 369 g/mol. The number of hydrogen-bond acceptors (Lipinski definition) is 5. The quantitative estimate of drug-likeness (QED) is 0.462. The predicted molar refractivity (Wildman–Crippen MR) is 102 cm³/mol. The van der Waals surface area contributed by atoms with Gasteiger partial charge in [-0.1, -0.05) is 13.8 Å². The van der Waals surface area contributed by atoms with Crippen LogP contribution in [-0.2, 0) is 19.4 Å². The van der Waals surface area contributed by atoms with Gasteiger partial charge in [-0.3, -0.25) is 16.1 Å². The summed E-state index contributed by atoms with van der Waals surface area (Å²) in [7, 11) is 0. The number of hydrogen-bond donors (Lipinski definition) is 4. The Hall–Kier alpha value is -2.29. The van der Waals surface area contributed by atoms with E-state index in [1.807, 2.05) is 0 Å². The number of carbonyl (C=O) groups is 2. The van der Waals surface area contributed by atoms with Crippen LogP contribution in [0.2, 0.25) is 0 Å². The number of anilines is 1. The summed E-state index contributed by atoms with van der Waals surface area (Å²) in [4.78, 5) is 25.6. The Labute approximate surface area is 160 Å². The van der Waals surface area contributed by atoms with Crippen molar-refractivity contribution < 1.29 is 19.1 Å². The van der Waals surface area contributed by atoms with Gasteiger partial charge in [0.2, 0.25) is 0 Å². The van der Waals surface area contributed by atoms with Crippen LogP contribution in [0.15, 0.2) is 18.2 Å². The number of hydrazine groups is 1. The van der Waals surface area contributed by atoms with Crippen LogP contribution in [0.4, 0.5) is 9.39 Å². The molecule has 0 saturated carbocycles. The van der Waals surface area contributed by atoms with Crippen LogP contribution < -0.4 is 16.6 Å². The van der Waals surface area contributed by atoms with Crippen molar-refractivity contribution in [3.63, 3.8) is 0 Å². The summed E-state index contributed by atoms with van der Waals surface area (Å²) >= 11 is 1.31. The van der Waals surface area contributed by atoms with E-state index in [-0.39, 0.29) is 23.1 Å². The van der Waals surface area contributed by atoms with Crippen LogP contribution in [0.5, 0.6) is 0 Å². The van der Waals surface area contributed by atoms with Crippen LogP contribution in [0.25, 0.3) is 0 Å². The topological polar surface area (TPSA) is 104 Å². The van der Waals surface area contributed by atoms with Crippen LogP contribution in [0.3, 0.4) is 0 Å². The molecule has 1 amide bonds. The van der Waals surface area contributed by atoms with E-state index in [4.69, 9.17) is 5.84 Å². The number of halogens is 1. The van der Waals surface area contributed by atoms with Crippen LogP contribution in [-0.4, -0.2) is 17.0 Å². The molecule has 2 aromatic rings. The minimum atomic E-state index is -1.05. The maximum Gasteiger partial charge on any atom is 0.339 e. The molecule has 3 rings (SSSR count). The molecule has 0 bridgehead atoms. The van der Waals surface area contributed by atoms with Gasteiger partial charge in [0.15, 0.2) is 0 Å². The maximum atomic E-state index is 13.5. The highest BCUT2D eigenvalue weighted by atomic mass is 32.1. The molecule has 5 N–H and O–H groups in total. The summed E-state index contributed by atoms with van der Waals surface area (Å²) < 4.78 is 13.5. The number of carbonyl (C=O) groups excluding carboxylic acids is 1. The number of rotatable bonds is 5. The predicted octanol–water partition coefficient (Wildman–Crippen LogP) is 3.32. The summed E-state index contributed by atoms with van der Waals surface area (Å²) in [5, 5.41) is 12.8. The first kappa shape index (κ1) is 19.5. The first-order chi connectivity index (χ1) is 12.7. The van der Waals surface area contributed by atoms with Crippen molar-refractivity contribution in [3.05, 3.63) is 51.1 Å². The molecule has 0 fully saturated rings. The van der Waals surface area contributed by atoms with Crippen LogP contribution in [0.1, 0.15) is 57.0 Å². The molecule has 1 aromatic heterocycles. The molecule has 6 nitrogen and oxygen atoms in total. The van der Waals surface area contributed by atoms with E-state index in [9.17, 15) is 19.1 Å². The molecule has 144 valence electrons. The average Bonchev–Trinajstić information content (AvgIpc) is 2.91. The Morgan fingerprint density at radius 3 is 2.78 bits per heavy atom. The molecule has 0 unspecified atom stereocenters. The molecule has 1 aliphatic rings. The minimum Gasteiger partial charge on any atom is -0.478 e. The van der Waals surface area contributed by atoms with Crippen molar-refractivity contribution in [2.45, 2.75) is 39.7 Å². The second-order valence-corrected chi connectivity index (χ2v) is 8.60. The zero-order valence-electron chi connectivity index (χ0n) is 15.2. The van der Waals surface area contributed by atoms with E-state index in [1.165, 1.54) is 29.5 Å². The summed E-state index contributed by atoms with van der Waals surface area (Å²) in [5.74, 6) is 3.29. The second-order valence-electron chi connectivity index (χ2n) is 7.49. The smallest absolute Gasteiger partial charge is 0.339 e. The first-order valence-electron chi connectivity index (χ1n) is 8.63. The van der Waals surface area contributed by atoms with Gasteiger partial charge in [0.05, 0.1) is 5.56 Å². The van der Waals surface area contributed by atoms with Crippen molar-refractivity contribution in [2.24, 2.45) is 11.3 Å². The fourth-order valence-corrected chi connectivity index (χ4v) is 4.65. The van der Waals surface area contributed by atoms with Gasteiger partial charge in [-0.05, 0) is 54.0 Å². The van der Waals surface area contributed by atoms with E-state index in [2.05, 4.69) is 24.6 Å². The Kier molecular flexibility index (Phi) is 5.32. The number of nitrogens with two attached hydrogens (primary N) is 1. The lowest BCUT2D eigenvalue weighted by atomic mass is 9.76. The molecule has 1 aliphatic carbocycles. The van der Waals surface area contributed by atoms with Crippen molar-refractivity contribution in [1.82, 2.24) is 5.43 Å². The Bertz CT molecular complexity index is 908. The highest BCUT2D eigenvalue weighted by Crippen LogP contribution is 2.43. The molecule has 27 heavy (non-hydrogen) atoms. The highest BCUT2D eigenvalue weighted by molar-refractivity contribution is 7.17. The van der Waals surface area contributed by atoms with Gasteiger partial charge in [0.25, 0.3) is 5.91 Å². The molecule has 0 aliphatic heterocycles. The molecule has 1 heterocycles. The normalized spacial score (nSPS) is 15.3. The summed E-state index contributed by atoms with van der Waals surface area (Å²) in [6, 6.07) is 3.79. The number of amides is 1. The summed E-state index contributed by atoms with van der Waals surface area (Å²) in [6.45, 7) is 4.34. The number of carboxylic acids is 1. The SMILES string of the molecule is CC1(C)CCc2sc(NC(=O)c3ccc(F)cc3CNN)c(C(=O)O)c2C1. The third kappa shape index (κ3) is 4.02. The largest absolute Gasteiger partial charge is 0.478 e. The molecule has 1 aromatic carbocycles. The molecule has 0 spiro atoms. The monoisotopic (exact) mass is 391 g/mol. The summed E-state index contributed by atoms with van der Waals surface area (Å²) in [5.41, 5.74) is 4.05. The zero-order chi connectivity index (χ0) is 19.8. The van der Waals surface area contributed by atoms with Crippen molar-refractivity contribution in [2.75, 3.05) is 5.32 Å². The lowest BCUT2D eigenvalue weighted by Gasteiger charge is -2.29. The standard InChI is InChI=1S/C19H22FN3O3S/c1-19(2)6-5-14-13(8-19)15(18(25)26)17(27-14)23-16(24)12-4-3-11(20)7-10(12)9-22-21/h3-4,7,22H,5-6,8-9,21H2,1-2H3,(H,23,24)(H,25,26). The zero-order valence-corrected chi connectivity index (χ0v) is 16.0. The van der Waals surface area contributed by atoms with Gasteiger partial charge in [0.1, 0.15) is 10.8 Å². The second kappa shape index (κ2) is 7.38. The minimum absolute atomic E-state index is 0.0243. The van der Waals surface area contributed by atoms with Gasteiger partial charge in [-0.25, -0.2) is 9.18 Å². The Morgan fingerprint density at radius 1 is 1.37 bits per heavy atom. The van der Waals surface area contributed by atoms with Crippen LogP contribution in [0, 0.1) is 11.2 Å². The van der Waals surface area contributed by atoms with E-state index in [0.717, 1.165) is 23.3 Å². The Morgan fingerprint density at radius 2 is 2.11 bits per heavy atom. The molecule has 0 saturated heterocycles. The van der Waals surface area contributed by atoms with Crippen molar-refractivity contribution in [3.8, 4) is 0 Å². The number of aryl methyl sites for hydroxylation is 1. The number of benzene rings is 1. The summed E-state index contributed by atoms with van der Waals surface area (Å²) in [6.07, 6.45) is 2.43. The fraction of sp³-hybridized carbons (Fsp3) is 0.368. The van der Waals surface area contributed by atoms with E-state index in [1.54, 1.807) is 0 Å². The van der Waals surface area contributed by atoms with Gasteiger partial charge in [-0.2, -0.15) is 0 Å². The van der Waals surface area contributed by atoms with Gasteiger partial charge < -0.3 is 10.4 Å². The van der Waals surface area contributed by atoms with Gasteiger partial charge in [0, 0.05) is 17.0 Å². The molecule has 0 atom stereocenters. The van der Waals surface area contributed by atoms with E-state index < -0.39 is 17.7 Å². The maximum absolute atomic E-state index is 13.5. The number of fused-ring (bicyclic) bond motifs is 1. The number of nitrogens with one attached hydrogen (secondary N) is 2. The number of thiophene rings is 1. The first-order valence-corrected chi connectivity index (χ1v) is 9.44. The number of aromatic carboxylic acids is 1. The Balaban J connectivity index is 1.96. The van der Waals surface area contributed by atoms with Crippen LogP contribution >= 0.6 is 11.3 Å². The lowest BCUT2D eigenvalue weighted by molar-refractivity contribution is 0.0696. The third-order valence-electron chi connectivity index (χ3n) is 4.82. The fourth-order valence-electron chi connectivity index (χ4n) is 3.44. The molecule has 0 radical (unpaired) electrons. The van der Waals surface area contributed by atoms with Crippen molar-refractivity contribution >= 4 is 28.2 Å². The molecule has 8 heteroatoms. The lowest BCUT2D eigenvalue weighted by Crippen LogP contribution is -2.24. The highest BCUT2D eigenvalue weighted by Gasteiger charge is 2.33. The van der Waals surface area contributed by atoms with Gasteiger partial charge >= 0.3 is 5.97 Å².